The number of rotatable bonds is 5. The molecule has 0 radical (unpaired) electrons. The molecule has 124 valence electrons. The van der Waals surface area contributed by atoms with Crippen LogP contribution in [0.1, 0.15) is 6.92 Å². The molecule has 23 heavy (non-hydrogen) atoms. The third-order valence-corrected chi connectivity index (χ3v) is 5.79. The van der Waals surface area contributed by atoms with Gasteiger partial charge in [-0.25, -0.2) is 8.42 Å². The van der Waals surface area contributed by atoms with E-state index in [-0.39, 0.29) is 11.9 Å². The van der Waals surface area contributed by atoms with Gasteiger partial charge in [0, 0.05) is 25.5 Å². The molecule has 0 unspecified atom stereocenters. The third-order valence-electron chi connectivity index (χ3n) is 4.01. The number of aromatic nitrogens is 2. The monoisotopic (exact) mass is 335 g/mol. The fourth-order valence-electron chi connectivity index (χ4n) is 2.80. The van der Waals surface area contributed by atoms with Gasteiger partial charge in [0.2, 0.25) is 0 Å². The zero-order valence-electron chi connectivity index (χ0n) is 13.1. The molecule has 2 heterocycles. The highest BCUT2D eigenvalue weighted by molar-refractivity contribution is 7.91. The molecule has 0 bridgehead atoms. The van der Waals surface area contributed by atoms with E-state index in [0.717, 1.165) is 5.69 Å². The summed E-state index contributed by atoms with van der Waals surface area (Å²) in [5.74, 6) is 0.102. The Hall–Kier alpha value is -1.86. The van der Waals surface area contributed by atoms with Crippen molar-refractivity contribution in [2.45, 2.75) is 24.5 Å². The van der Waals surface area contributed by atoms with Crippen LogP contribution in [0.2, 0.25) is 0 Å². The maximum atomic E-state index is 12.3. The Morgan fingerprint density at radius 3 is 2.87 bits per heavy atom. The third kappa shape index (κ3) is 3.56. The van der Waals surface area contributed by atoms with Crippen LogP contribution in [0.3, 0.4) is 0 Å². The molecule has 0 amide bonds. The van der Waals surface area contributed by atoms with Gasteiger partial charge in [-0.3, -0.25) is 4.68 Å². The number of para-hydroxylation sites is 1. The lowest BCUT2D eigenvalue weighted by molar-refractivity contribution is 0.0273. The largest absolute Gasteiger partial charge is 0.373 e. The van der Waals surface area contributed by atoms with E-state index in [1.807, 2.05) is 29.1 Å². The van der Waals surface area contributed by atoms with Gasteiger partial charge in [-0.05, 0) is 18.2 Å². The first-order valence-corrected chi connectivity index (χ1v) is 9.41. The van der Waals surface area contributed by atoms with Crippen LogP contribution in [-0.2, 0) is 21.1 Å². The summed E-state index contributed by atoms with van der Waals surface area (Å²) in [5, 5.41) is 4.20. The zero-order valence-corrected chi connectivity index (χ0v) is 13.9. The van der Waals surface area contributed by atoms with E-state index in [1.165, 1.54) is 0 Å². The summed E-state index contributed by atoms with van der Waals surface area (Å²) < 4.78 is 32.3. The second kappa shape index (κ2) is 6.72. The summed E-state index contributed by atoms with van der Waals surface area (Å²) in [6.45, 7) is 4.24. The Morgan fingerprint density at radius 2 is 2.13 bits per heavy atom. The molecule has 1 aromatic heterocycles. The number of benzene rings is 1. The number of hydrogen-bond acceptors (Lipinski definition) is 5. The molecule has 1 aliphatic rings. The SMILES string of the molecule is CCS(=O)(=O)c1ccccc1N1CCO[C@@H](Cn2cccn2)C1. The van der Waals surface area contributed by atoms with Crippen LogP contribution in [-0.4, -0.2) is 49.8 Å². The first-order valence-electron chi connectivity index (χ1n) is 7.76. The quantitative estimate of drug-likeness (QED) is 0.830. The Kier molecular flexibility index (Phi) is 4.68. The average Bonchev–Trinajstić information content (AvgIpc) is 3.08. The van der Waals surface area contributed by atoms with Crippen molar-refractivity contribution >= 4 is 15.5 Å². The van der Waals surface area contributed by atoms with E-state index in [2.05, 4.69) is 10.00 Å². The van der Waals surface area contributed by atoms with Gasteiger partial charge in [0.15, 0.2) is 9.84 Å². The number of hydrogen-bond donors (Lipinski definition) is 0. The lowest BCUT2D eigenvalue weighted by atomic mass is 10.2. The van der Waals surface area contributed by atoms with E-state index in [0.29, 0.717) is 31.1 Å². The number of nitrogens with zero attached hydrogens (tertiary/aromatic N) is 3. The smallest absolute Gasteiger partial charge is 0.180 e. The minimum Gasteiger partial charge on any atom is -0.373 e. The molecule has 7 heteroatoms. The summed E-state index contributed by atoms with van der Waals surface area (Å²) in [7, 11) is -3.25. The van der Waals surface area contributed by atoms with Crippen molar-refractivity contribution in [1.82, 2.24) is 9.78 Å². The first-order chi connectivity index (χ1) is 11.1. The summed E-state index contributed by atoms with van der Waals surface area (Å²) in [5.41, 5.74) is 0.767. The maximum absolute atomic E-state index is 12.3. The summed E-state index contributed by atoms with van der Waals surface area (Å²) in [6, 6.07) is 9.09. The molecular formula is C16H21N3O3S. The van der Waals surface area contributed by atoms with E-state index >= 15 is 0 Å². The van der Waals surface area contributed by atoms with Crippen molar-refractivity contribution in [2.24, 2.45) is 0 Å². The van der Waals surface area contributed by atoms with Crippen LogP contribution < -0.4 is 4.90 Å². The molecule has 1 saturated heterocycles. The van der Waals surface area contributed by atoms with Crippen LogP contribution in [0.15, 0.2) is 47.6 Å². The minimum absolute atomic E-state index is 0.0129. The Morgan fingerprint density at radius 1 is 1.30 bits per heavy atom. The predicted molar refractivity (Wildman–Crippen MR) is 88.3 cm³/mol. The highest BCUT2D eigenvalue weighted by Gasteiger charge is 2.25. The van der Waals surface area contributed by atoms with Crippen LogP contribution in [0, 0.1) is 0 Å². The van der Waals surface area contributed by atoms with Crippen LogP contribution >= 0.6 is 0 Å². The lowest BCUT2D eigenvalue weighted by Crippen LogP contribution is -2.44. The van der Waals surface area contributed by atoms with Gasteiger partial charge >= 0.3 is 0 Å². The van der Waals surface area contributed by atoms with E-state index in [4.69, 9.17) is 4.74 Å². The maximum Gasteiger partial charge on any atom is 0.180 e. The molecular weight excluding hydrogens is 314 g/mol. The van der Waals surface area contributed by atoms with Crippen molar-refractivity contribution in [1.29, 1.82) is 0 Å². The molecule has 1 aliphatic heterocycles. The van der Waals surface area contributed by atoms with Crippen LogP contribution in [0.25, 0.3) is 0 Å². The number of ether oxygens (including phenoxy) is 1. The molecule has 2 aromatic rings. The van der Waals surface area contributed by atoms with Gasteiger partial charge in [-0.1, -0.05) is 19.1 Å². The second-order valence-electron chi connectivity index (χ2n) is 5.54. The number of sulfone groups is 1. The average molecular weight is 335 g/mol. The zero-order chi connectivity index (χ0) is 16.3. The van der Waals surface area contributed by atoms with E-state index in [9.17, 15) is 8.42 Å². The van der Waals surface area contributed by atoms with Crippen molar-refractivity contribution in [2.75, 3.05) is 30.3 Å². The van der Waals surface area contributed by atoms with Gasteiger partial charge in [-0.2, -0.15) is 5.10 Å². The molecule has 0 saturated carbocycles. The van der Waals surface area contributed by atoms with Crippen molar-refractivity contribution in [3.8, 4) is 0 Å². The Labute approximate surface area is 136 Å². The standard InChI is InChI=1S/C16H21N3O3S/c1-2-23(20,21)16-7-4-3-6-15(16)18-10-11-22-14(12-18)13-19-9-5-8-17-19/h3-9,14H,2,10-13H2,1H3/t14-/m1/s1. The van der Waals surface area contributed by atoms with E-state index < -0.39 is 9.84 Å². The van der Waals surface area contributed by atoms with Crippen molar-refractivity contribution in [3.05, 3.63) is 42.7 Å². The summed E-state index contributed by atoms with van der Waals surface area (Å²) >= 11 is 0. The van der Waals surface area contributed by atoms with Gasteiger partial charge < -0.3 is 9.64 Å². The number of morpholine rings is 1. The molecule has 1 aromatic carbocycles. The fourth-order valence-corrected chi connectivity index (χ4v) is 3.92. The van der Waals surface area contributed by atoms with Gasteiger partial charge in [0.05, 0.1) is 35.6 Å². The van der Waals surface area contributed by atoms with Crippen LogP contribution in [0.4, 0.5) is 5.69 Å². The normalized spacial score (nSPS) is 19.0. The summed E-state index contributed by atoms with van der Waals surface area (Å²) in [6.07, 6.45) is 3.63. The highest BCUT2D eigenvalue weighted by atomic mass is 32.2. The fraction of sp³-hybridized carbons (Fsp3) is 0.438. The first kappa shape index (κ1) is 16.0. The molecule has 0 N–H and O–H groups in total. The molecule has 0 aliphatic carbocycles. The molecule has 1 fully saturated rings. The highest BCUT2D eigenvalue weighted by Crippen LogP contribution is 2.27. The van der Waals surface area contributed by atoms with Crippen molar-refractivity contribution < 1.29 is 13.2 Å². The van der Waals surface area contributed by atoms with Gasteiger partial charge in [-0.15, -0.1) is 0 Å². The molecule has 1 atom stereocenters. The minimum atomic E-state index is -3.25. The molecule has 6 nitrogen and oxygen atoms in total. The van der Waals surface area contributed by atoms with Crippen molar-refractivity contribution in [3.63, 3.8) is 0 Å². The Bertz CT molecular complexity index is 744. The van der Waals surface area contributed by atoms with Crippen LogP contribution in [0.5, 0.6) is 0 Å². The number of anilines is 1. The second-order valence-corrected chi connectivity index (χ2v) is 7.78. The topological polar surface area (TPSA) is 64.4 Å². The lowest BCUT2D eigenvalue weighted by Gasteiger charge is -2.35. The molecule has 3 rings (SSSR count). The van der Waals surface area contributed by atoms with Gasteiger partial charge in [0.1, 0.15) is 0 Å². The molecule has 0 spiro atoms. The van der Waals surface area contributed by atoms with Gasteiger partial charge in [0.25, 0.3) is 0 Å². The van der Waals surface area contributed by atoms with E-state index in [1.54, 1.807) is 25.3 Å². The summed E-state index contributed by atoms with van der Waals surface area (Å²) in [4.78, 5) is 2.50. The predicted octanol–water partition coefficient (Wildman–Crippen LogP) is 1.58. The Balaban J connectivity index is 1.82.